The molecule has 1 rings (SSSR count). The zero-order valence-electron chi connectivity index (χ0n) is 11.4. The van der Waals surface area contributed by atoms with Crippen molar-refractivity contribution in [2.45, 2.75) is 18.9 Å². The molecule has 1 atom stereocenters. The number of carbonyl (C=O) groups excluding carboxylic acids is 2. The Morgan fingerprint density at radius 3 is 2.60 bits per heavy atom. The monoisotopic (exact) mass is 295 g/mol. The third kappa shape index (κ3) is 5.15. The number of ether oxygens (including phenoxy) is 1. The molecule has 0 saturated carbocycles. The lowest BCUT2D eigenvalue weighted by Crippen LogP contribution is -2.37. The fourth-order valence-electron chi connectivity index (χ4n) is 1.73. The molecule has 0 saturated heterocycles. The molecule has 20 heavy (non-hydrogen) atoms. The summed E-state index contributed by atoms with van der Waals surface area (Å²) in [4.78, 5) is 23.6. The number of benzene rings is 1. The van der Waals surface area contributed by atoms with Gasteiger partial charge in [-0.3, -0.25) is 9.59 Å². The molecule has 0 spiro atoms. The highest BCUT2D eigenvalue weighted by atomic mass is 35.5. The van der Waals surface area contributed by atoms with Crippen LogP contribution < -0.4 is 5.32 Å². The largest absolute Gasteiger partial charge is 0.469 e. The Morgan fingerprint density at radius 1 is 1.40 bits per heavy atom. The number of hydrogen-bond donors (Lipinski definition) is 1. The molecule has 108 valence electrons. The summed E-state index contributed by atoms with van der Waals surface area (Å²) < 4.78 is 4.59. The predicted molar refractivity (Wildman–Crippen MR) is 79.0 cm³/mol. The summed E-state index contributed by atoms with van der Waals surface area (Å²) >= 11 is 5.80. The molecule has 0 aromatic heterocycles. The van der Waals surface area contributed by atoms with Gasteiger partial charge < -0.3 is 10.1 Å². The average molecular weight is 296 g/mol. The quantitative estimate of drug-likeness (QED) is 0.455. The van der Waals surface area contributed by atoms with E-state index >= 15 is 0 Å². The van der Waals surface area contributed by atoms with Crippen LogP contribution >= 0.6 is 11.6 Å². The van der Waals surface area contributed by atoms with Gasteiger partial charge in [-0.25, -0.2) is 0 Å². The van der Waals surface area contributed by atoms with Gasteiger partial charge in [0.05, 0.1) is 13.2 Å². The number of esters is 1. The molecule has 1 unspecified atom stereocenters. The number of methoxy groups -OCH3 is 1. The molecule has 0 radical (unpaired) electrons. The smallest absolute Gasteiger partial charge is 0.305 e. The maximum atomic E-state index is 12.4. The third-order valence-electron chi connectivity index (χ3n) is 2.82. The van der Waals surface area contributed by atoms with Crippen molar-refractivity contribution in [1.29, 1.82) is 0 Å². The predicted octanol–water partition coefficient (Wildman–Crippen LogP) is 2.62. The molecule has 0 fully saturated rings. The molecule has 5 heteroatoms. The van der Waals surface area contributed by atoms with Crippen molar-refractivity contribution in [2.75, 3.05) is 13.7 Å². The fraction of sp³-hybridized carbons (Fsp3) is 0.333. The van der Waals surface area contributed by atoms with Gasteiger partial charge in [0, 0.05) is 23.6 Å². The van der Waals surface area contributed by atoms with Gasteiger partial charge in [-0.05, 0) is 30.7 Å². The maximum absolute atomic E-state index is 12.4. The second-order valence-corrected chi connectivity index (χ2v) is 4.67. The summed E-state index contributed by atoms with van der Waals surface area (Å²) in [7, 11) is 1.33. The summed E-state index contributed by atoms with van der Waals surface area (Å²) in [6.45, 7) is 4.10. The van der Waals surface area contributed by atoms with Gasteiger partial charge in [-0.15, -0.1) is 6.58 Å². The van der Waals surface area contributed by atoms with Crippen LogP contribution in [0.5, 0.6) is 0 Å². The zero-order chi connectivity index (χ0) is 15.0. The van der Waals surface area contributed by atoms with Crippen LogP contribution in [0, 0.1) is 0 Å². The minimum atomic E-state index is -0.451. The number of halogens is 1. The molecule has 4 nitrogen and oxygen atoms in total. The minimum absolute atomic E-state index is 0.0765. The SMILES string of the molecule is C=CCNC(CCC(=O)OC)C(=O)c1ccc(Cl)cc1. The molecule has 0 aliphatic heterocycles. The molecular weight excluding hydrogens is 278 g/mol. The Labute approximate surface area is 123 Å². The highest BCUT2D eigenvalue weighted by Gasteiger charge is 2.20. The van der Waals surface area contributed by atoms with Gasteiger partial charge in [-0.1, -0.05) is 17.7 Å². The average Bonchev–Trinajstić information content (AvgIpc) is 2.47. The molecule has 0 heterocycles. The first kappa shape index (κ1) is 16.4. The maximum Gasteiger partial charge on any atom is 0.305 e. The molecule has 1 N–H and O–H groups in total. The highest BCUT2D eigenvalue weighted by molar-refractivity contribution is 6.30. The van der Waals surface area contributed by atoms with Crippen LogP contribution in [0.2, 0.25) is 5.02 Å². The number of rotatable bonds is 8. The van der Waals surface area contributed by atoms with Crippen LogP contribution in [0.4, 0.5) is 0 Å². The van der Waals surface area contributed by atoms with Gasteiger partial charge in [0.2, 0.25) is 0 Å². The summed E-state index contributed by atoms with van der Waals surface area (Å²) in [5.41, 5.74) is 0.556. The molecule has 1 aromatic carbocycles. The summed E-state index contributed by atoms with van der Waals surface area (Å²) in [6, 6.07) is 6.23. The summed E-state index contributed by atoms with van der Waals surface area (Å²) in [5, 5.41) is 3.63. The fourth-order valence-corrected chi connectivity index (χ4v) is 1.86. The highest BCUT2D eigenvalue weighted by Crippen LogP contribution is 2.13. The normalized spacial score (nSPS) is 11.7. The van der Waals surface area contributed by atoms with Gasteiger partial charge >= 0.3 is 5.97 Å². The molecule has 0 amide bonds. The summed E-state index contributed by atoms with van der Waals surface area (Å²) in [6.07, 6.45) is 2.23. The van der Waals surface area contributed by atoms with Gasteiger partial charge in [-0.2, -0.15) is 0 Å². The van der Waals surface area contributed by atoms with Crippen molar-refractivity contribution in [3.05, 3.63) is 47.5 Å². The van der Waals surface area contributed by atoms with Gasteiger partial charge in [0.1, 0.15) is 0 Å². The van der Waals surface area contributed by atoms with Crippen LogP contribution in [0.3, 0.4) is 0 Å². The van der Waals surface area contributed by atoms with E-state index in [-0.39, 0.29) is 18.2 Å². The van der Waals surface area contributed by atoms with Crippen LogP contribution in [-0.2, 0) is 9.53 Å². The Hall–Kier alpha value is -1.65. The van der Waals surface area contributed by atoms with E-state index in [0.29, 0.717) is 23.6 Å². The number of carbonyl (C=O) groups is 2. The van der Waals surface area contributed by atoms with E-state index < -0.39 is 6.04 Å². The first-order valence-corrected chi connectivity index (χ1v) is 6.67. The van der Waals surface area contributed by atoms with Crippen molar-refractivity contribution in [2.24, 2.45) is 0 Å². The van der Waals surface area contributed by atoms with Crippen molar-refractivity contribution in [3.63, 3.8) is 0 Å². The number of ketones is 1. The lowest BCUT2D eigenvalue weighted by Gasteiger charge is -2.16. The number of nitrogens with one attached hydrogen (secondary N) is 1. The van der Waals surface area contributed by atoms with Gasteiger partial charge in [0.25, 0.3) is 0 Å². The molecular formula is C15H18ClNO3. The lowest BCUT2D eigenvalue weighted by molar-refractivity contribution is -0.140. The Bertz CT molecular complexity index is 471. The van der Waals surface area contributed by atoms with Crippen LogP contribution in [0.25, 0.3) is 0 Å². The van der Waals surface area contributed by atoms with Crippen molar-refractivity contribution >= 4 is 23.4 Å². The van der Waals surface area contributed by atoms with E-state index in [4.69, 9.17) is 11.6 Å². The van der Waals surface area contributed by atoms with E-state index in [9.17, 15) is 9.59 Å². The third-order valence-corrected chi connectivity index (χ3v) is 3.07. The Kier molecular flexibility index (Phi) is 6.98. The summed E-state index contributed by atoms with van der Waals surface area (Å²) in [5.74, 6) is -0.410. The second kappa shape index (κ2) is 8.51. The van der Waals surface area contributed by atoms with Crippen LogP contribution in [0.1, 0.15) is 23.2 Å². The van der Waals surface area contributed by atoms with Crippen molar-refractivity contribution < 1.29 is 14.3 Å². The molecule has 0 bridgehead atoms. The molecule has 0 aliphatic carbocycles. The first-order valence-electron chi connectivity index (χ1n) is 6.29. The van der Waals surface area contributed by atoms with Crippen molar-refractivity contribution in [3.8, 4) is 0 Å². The van der Waals surface area contributed by atoms with Gasteiger partial charge in [0.15, 0.2) is 5.78 Å². The van der Waals surface area contributed by atoms with Crippen molar-refractivity contribution in [1.82, 2.24) is 5.32 Å². The van der Waals surface area contributed by atoms with E-state index in [0.717, 1.165) is 0 Å². The van der Waals surface area contributed by atoms with E-state index in [1.165, 1.54) is 7.11 Å². The molecule has 1 aromatic rings. The lowest BCUT2D eigenvalue weighted by atomic mass is 10.00. The first-order chi connectivity index (χ1) is 9.58. The van der Waals surface area contributed by atoms with Crippen LogP contribution in [0.15, 0.2) is 36.9 Å². The number of Topliss-reactive ketones (excluding diaryl/α,β-unsaturated/α-hetero) is 1. The second-order valence-electron chi connectivity index (χ2n) is 4.24. The number of hydrogen-bond acceptors (Lipinski definition) is 4. The minimum Gasteiger partial charge on any atom is -0.469 e. The zero-order valence-corrected chi connectivity index (χ0v) is 12.2. The Morgan fingerprint density at radius 2 is 2.05 bits per heavy atom. The topological polar surface area (TPSA) is 55.4 Å². The standard InChI is InChI=1S/C15H18ClNO3/c1-3-10-17-13(8-9-14(18)20-2)15(19)11-4-6-12(16)7-5-11/h3-7,13,17H,1,8-10H2,2H3. The van der Waals surface area contributed by atoms with Crippen LogP contribution in [-0.4, -0.2) is 31.4 Å². The van der Waals surface area contributed by atoms with E-state index in [1.54, 1.807) is 30.3 Å². The van der Waals surface area contributed by atoms with E-state index in [2.05, 4.69) is 16.6 Å². The molecule has 0 aliphatic rings. The van der Waals surface area contributed by atoms with E-state index in [1.807, 2.05) is 0 Å². The Balaban J connectivity index is 2.75.